The standard InChI is InChI=1S/C8H11NO6S/c1-4-7(5(2)14-9-4)16(12,13)15-6(3)8(10)11/h6H,1-3H3,(H,10,11). The molecular weight excluding hydrogens is 238 g/mol. The molecule has 1 atom stereocenters. The first-order chi connectivity index (χ1) is 7.25. The van der Waals surface area contributed by atoms with Crippen LogP contribution in [-0.4, -0.2) is 30.8 Å². The summed E-state index contributed by atoms with van der Waals surface area (Å²) in [6, 6.07) is 0. The second-order valence-electron chi connectivity index (χ2n) is 3.18. The third kappa shape index (κ3) is 2.39. The van der Waals surface area contributed by atoms with Crippen molar-refractivity contribution in [2.24, 2.45) is 0 Å². The van der Waals surface area contributed by atoms with Crippen LogP contribution in [0.5, 0.6) is 0 Å². The molecule has 0 bridgehead atoms. The van der Waals surface area contributed by atoms with Crippen molar-refractivity contribution in [2.45, 2.75) is 31.8 Å². The number of aryl methyl sites for hydroxylation is 2. The van der Waals surface area contributed by atoms with Crippen LogP contribution < -0.4 is 0 Å². The molecule has 0 aliphatic heterocycles. The number of carboxylic acid groups (broad SMARTS) is 1. The summed E-state index contributed by atoms with van der Waals surface area (Å²) < 4.78 is 32.5. The van der Waals surface area contributed by atoms with Gasteiger partial charge in [-0.25, -0.2) is 4.79 Å². The van der Waals surface area contributed by atoms with Crippen LogP contribution in [0.4, 0.5) is 0 Å². The van der Waals surface area contributed by atoms with Gasteiger partial charge in [0.15, 0.2) is 16.8 Å². The molecule has 0 amide bonds. The third-order valence-corrected chi connectivity index (χ3v) is 3.46. The molecular formula is C8H11NO6S. The van der Waals surface area contributed by atoms with Crippen molar-refractivity contribution in [3.8, 4) is 0 Å². The van der Waals surface area contributed by atoms with Crippen LogP contribution in [0.2, 0.25) is 0 Å². The van der Waals surface area contributed by atoms with Gasteiger partial charge in [0, 0.05) is 0 Å². The number of hydrogen-bond donors (Lipinski definition) is 1. The van der Waals surface area contributed by atoms with Crippen molar-refractivity contribution in [2.75, 3.05) is 0 Å². The molecule has 0 saturated carbocycles. The third-order valence-electron chi connectivity index (χ3n) is 1.84. The van der Waals surface area contributed by atoms with Crippen LogP contribution in [-0.2, 0) is 19.1 Å². The monoisotopic (exact) mass is 249 g/mol. The van der Waals surface area contributed by atoms with Gasteiger partial charge in [0.1, 0.15) is 5.69 Å². The smallest absolute Gasteiger partial charge is 0.334 e. The van der Waals surface area contributed by atoms with E-state index in [2.05, 4.69) is 13.9 Å². The largest absolute Gasteiger partial charge is 0.479 e. The predicted octanol–water partition coefficient (Wildman–Crippen LogP) is 0.470. The van der Waals surface area contributed by atoms with Crippen LogP contribution in [0.25, 0.3) is 0 Å². The lowest BCUT2D eigenvalue weighted by Gasteiger charge is -2.07. The average molecular weight is 249 g/mol. The zero-order chi connectivity index (χ0) is 12.5. The molecule has 1 aromatic rings. The summed E-state index contributed by atoms with van der Waals surface area (Å²) in [7, 11) is -4.16. The zero-order valence-electron chi connectivity index (χ0n) is 8.92. The minimum atomic E-state index is -4.16. The topological polar surface area (TPSA) is 107 Å². The summed E-state index contributed by atoms with van der Waals surface area (Å²) in [6.45, 7) is 3.96. The minimum Gasteiger partial charge on any atom is -0.479 e. The maximum Gasteiger partial charge on any atom is 0.334 e. The highest BCUT2D eigenvalue weighted by Crippen LogP contribution is 2.22. The van der Waals surface area contributed by atoms with Gasteiger partial charge in [0.2, 0.25) is 0 Å². The van der Waals surface area contributed by atoms with E-state index < -0.39 is 22.2 Å². The van der Waals surface area contributed by atoms with Crippen molar-refractivity contribution >= 4 is 16.1 Å². The second-order valence-corrected chi connectivity index (χ2v) is 4.69. The van der Waals surface area contributed by atoms with Crippen molar-refractivity contribution < 1.29 is 27.0 Å². The van der Waals surface area contributed by atoms with Gasteiger partial charge in [-0.2, -0.15) is 8.42 Å². The van der Waals surface area contributed by atoms with Crippen molar-refractivity contribution in [3.05, 3.63) is 11.5 Å². The van der Waals surface area contributed by atoms with E-state index in [0.717, 1.165) is 6.92 Å². The van der Waals surface area contributed by atoms with Crippen LogP contribution in [0.3, 0.4) is 0 Å². The molecule has 1 N–H and O–H groups in total. The molecule has 1 rings (SSSR count). The predicted molar refractivity (Wildman–Crippen MR) is 51.3 cm³/mol. The van der Waals surface area contributed by atoms with Crippen molar-refractivity contribution in [3.63, 3.8) is 0 Å². The molecule has 90 valence electrons. The molecule has 1 heterocycles. The van der Waals surface area contributed by atoms with Gasteiger partial charge < -0.3 is 9.63 Å². The van der Waals surface area contributed by atoms with E-state index >= 15 is 0 Å². The molecule has 0 aliphatic carbocycles. The van der Waals surface area contributed by atoms with E-state index in [1.807, 2.05) is 0 Å². The Morgan fingerprint density at radius 2 is 2.06 bits per heavy atom. The molecule has 0 spiro atoms. The van der Waals surface area contributed by atoms with Gasteiger partial charge in [-0.15, -0.1) is 0 Å². The molecule has 7 nitrogen and oxygen atoms in total. The molecule has 0 radical (unpaired) electrons. The van der Waals surface area contributed by atoms with Gasteiger partial charge in [-0.3, -0.25) is 4.18 Å². The molecule has 1 unspecified atom stereocenters. The molecule has 0 saturated heterocycles. The molecule has 0 fully saturated rings. The Morgan fingerprint density at radius 1 is 1.50 bits per heavy atom. The highest BCUT2D eigenvalue weighted by molar-refractivity contribution is 7.86. The Bertz CT molecular complexity index is 483. The van der Waals surface area contributed by atoms with E-state index in [-0.39, 0.29) is 16.3 Å². The van der Waals surface area contributed by atoms with Gasteiger partial charge in [-0.05, 0) is 20.8 Å². The van der Waals surface area contributed by atoms with Crippen molar-refractivity contribution in [1.29, 1.82) is 0 Å². The maximum absolute atomic E-state index is 11.7. The van der Waals surface area contributed by atoms with E-state index in [4.69, 9.17) is 5.11 Å². The highest BCUT2D eigenvalue weighted by atomic mass is 32.2. The van der Waals surface area contributed by atoms with Gasteiger partial charge in [-0.1, -0.05) is 5.16 Å². The van der Waals surface area contributed by atoms with Gasteiger partial charge in [0.25, 0.3) is 0 Å². The molecule has 0 aromatic carbocycles. The zero-order valence-corrected chi connectivity index (χ0v) is 9.74. The Labute approximate surface area is 92.1 Å². The van der Waals surface area contributed by atoms with E-state index in [9.17, 15) is 13.2 Å². The lowest BCUT2D eigenvalue weighted by Crippen LogP contribution is -2.24. The summed E-state index contributed by atoms with van der Waals surface area (Å²) in [5, 5.41) is 12.0. The van der Waals surface area contributed by atoms with E-state index in [0.29, 0.717) is 0 Å². The van der Waals surface area contributed by atoms with Crippen LogP contribution in [0.15, 0.2) is 9.42 Å². The van der Waals surface area contributed by atoms with E-state index in [1.165, 1.54) is 13.8 Å². The number of aromatic nitrogens is 1. The Hall–Kier alpha value is -1.41. The molecule has 1 aromatic heterocycles. The fourth-order valence-corrected chi connectivity index (χ4v) is 2.46. The lowest BCUT2D eigenvalue weighted by atomic mass is 10.4. The maximum atomic E-state index is 11.7. The summed E-state index contributed by atoms with van der Waals surface area (Å²) >= 11 is 0. The number of rotatable bonds is 4. The summed E-state index contributed by atoms with van der Waals surface area (Å²) in [4.78, 5) is 10.3. The first-order valence-corrected chi connectivity index (χ1v) is 5.75. The first-order valence-electron chi connectivity index (χ1n) is 4.34. The summed E-state index contributed by atoms with van der Waals surface area (Å²) in [5.74, 6) is -1.30. The highest BCUT2D eigenvalue weighted by Gasteiger charge is 2.29. The number of hydrogen-bond acceptors (Lipinski definition) is 6. The van der Waals surface area contributed by atoms with Gasteiger partial charge >= 0.3 is 16.1 Å². The number of nitrogens with zero attached hydrogens (tertiary/aromatic N) is 1. The summed E-state index contributed by atoms with van der Waals surface area (Å²) in [5.41, 5.74) is 0.134. The molecule has 0 aliphatic rings. The average Bonchev–Trinajstić information content (AvgIpc) is 2.45. The minimum absolute atomic E-state index is 0.0649. The molecule has 16 heavy (non-hydrogen) atoms. The Balaban J connectivity index is 3.09. The fourth-order valence-electron chi connectivity index (χ4n) is 1.11. The number of carbonyl (C=O) groups is 1. The number of aliphatic carboxylic acids is 1. The molecule has 8 heteroatoms. The fraction of sp³-hybridized carbons (Fsp3) is 0.500. The first kappa shape index (κ1) is 12.7. The summed E-state index contributed by atoms with van der Waals surface area (Å²) in [6.07, 6.45) is -1.46. The van der Waals surface area contributed by atoms with Gasteiger partial charge in [0.05, 0.1) is 0 Å². The van der Waals surface area contributed by atoms with Crippen molar-refractivity contribution in [1.82, 2.24) is 5.16 Å². The van der Waals surface area contributed by atoms with Crippen LogP contribution >= 0.6 is 0 Å². The number of carboxylic acids is 1. The second kappa shape index (κ2) is 4.22. The lowest BCUT2D eigenvalue weighted by molar-refractivity contribution is -0.144. The Morgan fingerprint density at radius 3 is 2.44 bits per heavy atom. The quantitative estimate of drug-likeness (QED) is 0.773. The van der Waals surface area contributed by atoms with Crippen LogP contribution in [0.1, 0.15) is 18.4 Å². The SMILES string of the molecule is Cc1noc(C)c1S(=O)(=O)OC(C)C(=O)O. The van der Waals surface area contributed by atoms with E-state index in [1.54, 1.807) is 0 Å². The normalized spacial score (nSPS) is 13.7. The Kier molecular flexibility index (Phi) is 3.34. The van der Waals surface area contributed by atoms with Crippen LogP contribution in [0, 0.1) is 13.8 Å².